The first-order valence-electron chi connectivity index (χ1n) is 7.47. The second kappa shape index (κ2) is 5.53. The van der Waals surface area contributed by atoms with Crippen LogP contribution < -0.4 is 5.32 Å². The van der Waals surface area contributed by atoms with Gasteiger partial charge in [-0.1, -0.05) is 34.6 Å². The molecule has 0 amide bonds. The van der Waals surface area contributed by atoms with Crippen LogP contribution in [0.15, 0.2) is 6.20 Å². The van der Waals surface area contributed by atoms with E-state index in [1.165, 1.54) is 29.1 Å². The molecule has 0 aromatic carbocycles. The zero-order chi connectivity index (χ0) is 14.1. The third kappa shape index (κ3) is 4.28. The van der Waals surface area contributed by atoms with Gasteiger partial charge >= 0.3 is 0 Å². The van der Waals surface area contributed by atoms with E-state index in [-0.39, 0.29) is 0 Å². The van der Waals surface area contributed by atoms with E-state index in [4.69, 9.17) is 0 Å². The van der Waals surface area contributed by atoms with Crippen LogP contribution in [0, 0.1) is 10.8 Å². The topological polar surface area (TPSA) is 24.9 Å². The van der Waals surface area contributed by atoms with Crippen molar-refractivity contribution in [2.45, 2.75) is 72.9 Å². The van der Waals surface area contributed by atoms with Crippen molar-refractivity contribution >= 4 is 11.3 Å². The predicted molar refractivity (Wildman–Crippen MR) is 83.5 cm³/mol. The Bertz CT molecular complexity index is 404. The average molecular weight is 280 g/mol. The summed E-state index contributed by atoms with van der Waals surface area (Å²) >= 11 is 1.85. The molecule has 2 rings (SSSR count). The zero-order valence-corrected chi connectivity index (χ0v) is 13.9. The highest BCUT2D eigenvalue weighted by Crippen LogP contribution is 2.45. The standard InChI is InChI=1S/C16H28N2S/c1-6-14-18-10-13(19-14)9-17-12-7-15(2,3)11-16(4,5)8-12/h10,12,17H,6-9,11H2,1-5H3. The Morgan fingerprint density at radius 3 is 2.42 bits per heavy atom. The van der Waals surface area contributed by atoms with Gasteiger partial charge < -0.3 is 5.32 Å². The SMILES string of the molecule is CCc1ncc(CNC2CC(C)(C)CC(C)(C)C2)s1. The highest BCUT2D eigenvalue weighted by Gasteiger charge is 2.38. The Labute approximate surface area is 122 Å². The molecule has 1 N–H and O–H groups in total. The second-order valence-electron chi connectivity index (χ2n) is 7.57. The molecule has 19 heavy (non-hydrogen) atoms. The molecule has 0 bridgehead atoms. The van der Waals surface area contributed by atoms with Gasteiger partial charge in [0.25, 0.3) is 0 Å². The summed E-state index contributed by atoms with van der Waals surface area (Å²) in [6.07, 6.45) is 6.99. The molecule has 1 fully saturated rings. The van der Waals surface area contributed by atoms with Gasteiger partial charge in [0, 0.05) is 23.7 Å². The summed E-state index contributed by atoms with van der Waals surface area (Å²) in [6.45, 7) is 12.8. The van der Waals surface area contributed by atoms with Crippen molar-refractivity contribution in [3.05, 3.63) is 16.1 Å². The number of thiazole rings is 1. The molecule has 1 aromatic heterocycles. The minimum Gasteiger partial charge on any atom is -0.309 e. The highest BCUT2D eigenvalue weighted by molar-refractivity contribution is 7.11. The molecular weight excluding hydrogens is 252 g/mol. The van der Waals surface area contributed by atoms with Crippen LogP contribution >= 0.6 is 11.3 Å². The van der Waals surface area contributed by atoms with E-state index in [1.807, 2.05) is 17.5 Å². The molecule has 0 unspecified atom stereocenters. The molecule has 0 saturated heterocycles. The number of rotatable bonds is 4. The molecule has 1 aliphatic carbocycles. The summed E-state index contributed by atoms with van der Waals surface area (Å²) in [7, 11) is 0. The maximum absolute atomic E-state index is 4.43. The van der Waals surface area contributed by atoms with Crippen molar-refractivity contribution in [2.75, 3.05) is 0 Å². The Morgan fingerprint density at radius 2 is 1.89 bits per heavy atom. The second-order valence-corrected chi connectivity index (χ2v) is 8.76. The molecule has 0 aliphatic heterocycles. The van der Waals surface area contributed by atoms with E-state index in [0.717, 1.165) is 13.0 Å². The van der Waals surface area contributed by atoms with E-state index in [1.54, 1.807) is 0 Å². The van der Waals surface area contributed by atoms with E-state index in [0.29, 0.717) is 16.9 Å². The summed E-state index contributed by atoms with van der Waals surface area (Å²) in [5, 5.41) is 5.01. The first-order chi connectivity index (χ1) is 8.80. The van der Waals surface area contributed by atoms with Gasteiger partial charge in [0.1, 0.15) is 0 Å². The third-order valence-electron chi connectivity index (χ3n) is 4.02. The summed E-state index contributed by atoms with van der Waals surface area (Å²) in [4.78, 5) is 5.81. The maximum Gasteiger partial charge on any atom is 0.0925 e. The fourth-order valence-electron chi connectivity index (χ4n) is 3.83. The summed E-state index contributed by atoms with van der Waals surface area (Å²) < 4.78 is 0. The van der Waals surface area contributed by atoms with Gasteiger partial charge in [0.2, 0.25) is 0 Å². The Balaban J connectivity index is 1.91. The number of nitrogens with one attached hydrogen (secondary N) is 1. The number of nitrogens with zero attached hydrogens (tertiary/aromatic N) is 1. The third-order valence-corrected chi connectivity index (χ3v) is 5.17. The first kappa shape index (κ1) is 15.0. The van der Waals surface area contributed by atoms with Gasteiger partial charge in [0.15, 0.2) is 0 Å². The fourth-order valence-corrected chi connectivity index (χ4v) is 4.64. The fraction of sp³-hybridized carbons (Fsp3) is 0.812. The van der Waals surface area contributed by atoms with Crippen LogP contribution in [0.3, 0.4) is 0 Å². The van der Waals surface area contributed by atoms with Crippen LogP contribution in [0.4, 0.5) is 0 Å². The molecule has 0 atom stereocenters. The molecule has 0 radical (unpaired) electrons. The molecule has 1 saturated carbocycles. The maximum atomic E-state index is 4.43. The summed E-state index contributed by atoms with van der Waals surface area (Å²) in [5.74, 6) is 0. The van der Waals surface area contributed by atoms with Crippen molar-refractivity contribution in [3.63, 3.8) is 0 Å². The van der Waals surface area contributed by atoms with Crippen molar-refractivity contribution in [3.8, 4) is 0 Å². The first-order valence-corrected chi connectivity index (χ1v) is 8.28. The zero-order valence-electron chi connectivity index (χ0n) is 13.0. The number of hydrogen-bond acceptors (Lipinski definition) is 3. The van der Waals surface area contributed by atoms with Gasteiger partial charge in [0.05, 0.1) is 5.01 Å². The van der Waals surface area contributed by atoms with Crippen molar-refractivity contribution in [1.29, 1.82) is 0 Å². The van der Waals surface area contributed by atoms with Crippen LogP contribution in [-0.2, 0) is 13.0 Å². The lowest BCUT2D eigenvalue weighted by Crippen LogP contribution is -2.43. The lowest BCUT2D eigenvalue weighted by atomic mass is 9.63. The molecule has 2 nitrogen and oxygen atoms in total. The van der Waals surface area contributed by atoms with Crippen molar-refractivity contribution in [2.24, 2.45) is 10.8 Å². The summed E-state index contributed by atoms with van der Waals surface area (Å²) in [5.41, 5.74) is 0.920. The van der Waals surface area contributed by atoms with Crippen LogP contribution in [0.5, 0.6) is 0 Å². The number of aromatic nitrogens is 1. The predicted octanol–water partition coefficient (Wildman–Crippen LogP) is 4.40. The smallest absolute Gasteiger partial charge is 0.0925 e. The molecule has 108 valence electrons. The Hall–Kier alpha value is -0.410. The number of hydrogen-bond donors (Lipinski definition) is 1. The van der Waals surface area contributed by atoms with Gasteiger partial charge in [-0.15, -0.1) is 11.3 Å². The van der Waals surface area contributed by atoms with E-state index < -0.39 is 0 Å². The average Bonchev–Trinajstić information content (AvgIpc) is 2.70. The Kier molecular flexibility index (Phi) is 4.36. The minimum absolute atomic E-state index is 0.460. The molecular formula is C16H28N2S. The van der Waals surface area contributed by atoms with Gasteiger partial charge in [-0.2, -0.15) is 0 Å². The normalized spacial score (nSPS) is 22.6. The van der Waals surface area contributed by atoms with Crippen molar-refractivity contribution < 1.29 is 0 Å². The lowest BCUT2D eigenvalue weighted by molar-refractivity contribution is 0.0846. The monoisotopic (exact) mass is 280 g/mol. The molecule has 3 heteroatoms. The van der Waals surface area contributed by atoms with Crippen LogP contribution in [-0.4, -0.2) is 11.0 Å². The largest absolute Gasteiger partial charge is 0.309 e. The minimum atomic E-state index is 0.460. The van der Waals surface area contributed by atoms with Gasteiger partial charge in [-0.25, -0.2) is 4.98 Å². The van der Waals surface area contributed by atoms with Gasteiger partial charge in [-0.05, 0) is 36.5 Å². The quantitative estimate of drug-likeness (QED) is 0.884. The van der Waals surface area contributed by atoms with Crippen LogP contribution in [0.25, 0.3) is 0 Å². The highest BCUT2D eigenvalue weighted by atomic mass is 32.1. The molecule has 1 aliphatic rings. The summed E-state index contributed by atoms with van der Waals surface area (Å²) in [6, 6.07) is 0.644. The van der Waals surface area contributed by atoms with E-state index in [2.05, 4.69) is 44.9 Å². The van der Waals surface area contributed by atoms with Gasteiger partial charge in [-0.3, -0.25) is 0 Å². The number of aryl methyl sites for hydroxylation is 1. The Morgan fingerprint density at radius 1 is 1.26 bits per heavy atom. The molecule has 1 aromatic rings. The van der Waals surface area contributed by atoms with Crippen LogP contribution in [0.2, 0.25) is 0 Å². The molecule has 0 spiro atoms. The molecule has 1 heterocycles. The van der Waals surface area contributed by atoms with Crippen molar-refractivity contribution in [1.82, 2.24) is 10.3 Å². The van der Waals surface area contributed by atoms with E-state index >= 15 is 0 Å². The van der Waals surface area contributed by atoms with E-state index in [9.17, 15) is 0 Å². The lowest BCUT2D eigenvalue weighted by Gasteiger charge is -2.45. The van der Waals surface area contributed by atoms with Crippen LogP contribution in [0.1, 0.15) is 63.8 Å².